The molecule has 4 aromatic rings. The second-order valence-corrected chi connectivity index (χ2v) is 7.82. The summed E-state index contributed by atoms with van der Waals surface area (Å²) in [5.41, 5.74) is 0.289. The van der Waals surface area contributed by atoms with Crippen molar-refractivity contribution >= 4 is 22.1 Å². The Morgan fingerprint density at radius 2 is 1.73 bits per heavy atom. The molecule has 30 heavy (non-hydrogen) atoms. The summed E-state index contributed by atoms with van der Waals surface area (Å²) in [6.07, 6.45) is -4.01. The molecule has 0 aliphatic carbocycles. The van der Waals surface area contributed by atoms with Gasteiger partial charge in [0.1, 0.15) is 12.4 Å². The molecule has 0 spiro atoms. The van der Waals surface area contributed by atoms with E-state index in [0.29, 0.717) is 17.0 Å². The van der Waals surface area contributed by atoms with Crippen molar-refractivity contribution in [3.63, 3.8) is 0 Å². The third-order valence-electron chi connectivity index (χ3n) is 4.66. The van der Waals surface area contributed by atoms with E-state index in [0.717, 1.165) is 33.7 Å². The van der Waals surface area contributed by atoms with Crippen molar-refractivity contribution in [2.45, 2.75) is 19.2 Å². The monoisotopic (exact) mass is 431 g/mol. The van der Waals surface area contributed by atoms with Crippen molar-refractivity contribution in [3.8, 4) is 11.6 Å². The highest BCUT2D eigenvalue weighted by Crippen LogP contribution is 2.32. The normalized spacial score (nSPS) is 11.7. The molecule has 0 aliphatic rings. The van der Waals surface area contributed by atoms with Crippen LogP contribution < -0.4 is 9.61 Å². The zero-order valence-electron chi connectivity index (χ0n) is 15.5. The molecule has 154 valence electrons. The fourth-order valence-electron chi connectivity index (χ4n) is 3.21. The Morgan fingerprint density at radius 1 is 1.00 bits per heavy atom. The topological polar surface area (TPSA) is 62.3 Å². The largest absolute Gasteiger partial charge is 0.494 e. The van der Waals surface area contributed by atoms with Gasteiger partial charge in [-0.2, -0.15) is 13.2 Å². The maximum Gasteiger partial charge on any atom is 0.416 e. The van der Waals surface area contributed by atoms with Crippen molar-refractivity contribution in [1.82, 2.24) is 4.98 Å². The van der Waals surface area contributed by atoms with Crippen LogP contribution in [0, 0.1) is 0 Å². The number of hydrogen-bond donors (Lipinski definition) is 2. The molecule has 1 aromatic heterocycles. The molecule has 0 unspecified atom stereocenters. The summed E-state index contributed by atoms with van der Waals surface area (Å²) in [6.45, 7) is -0.190. The molecular weight excluding hydrogens is 415 g/mol. The number of aromatic hydroxyl groups is 1. The Balaban J connectivity index is 1.52. The zero-order valence-corrected chi connectivity index (χ0v) is 16.3. The summed E-state index contributed by atoms with van der Waals surface area (Å²) >= 11 is 0.963. The highest BCUT2D eigenvalue weighted by molar-refractivity contribution is 7.09. The predicted octanol–water partition coefficient (Wildman–Crippen LogP) is 5.48. The van der Waals surface area contributed by atoms with Gasteiger partial charge in [0, 0.05) is 12.0 Å². The van der Waals surface area contributed by atoms with Crippen LogP contribution in [0.1, 0.15) is 21.6 Å². The minimum Gasteiger partial charge on any atom is -0.494 e. The highest BCUT2D eigenvalue weighted by atomic mass is 32.1. The minimum absolute atomic E-state index is 0.0748. The lowest BCUT2D eigenvalue weighted by molar-refractivity contribution is -0.138. The lowest BCUT2D eigenvalue weighted by Crippen LogP contribution is -2.10. The average molecular weight is 431 g/mol. The van der Waals surface area contributed by atoms with Crippen molar-refractivity contribution in [3.05, 3.63) is 91.9 Å². The first kappa shape index (κ1) is 20.0. The van der Waals surface area contributed by atoms with E-state index in [2.05, 4.69) is 4.98 Å². The Labute approximate surface area is 173 Å². The summed E-state index contributed by atoms with van der Waals surface area (Å²) in [4.78, 5) is 13.9. The minimum atomic E-state index is -4.43. The number of fused-ring (bicyclic) bond motifs is 1. The van der Waals surface area contributed by atoms with E-state index >= 15 is 0 Å². The van der Waals surface area contributed by atoms with Crippen LogP contribution in [0.2, 0.25) is 0 Å². The third-order valence-corrected chi connectivity index (χ3v) is 5.53. The van der Waals surface area contributed by atoms with Gasteiger partial charge in [-0.15, -0.1) is 0 Å². The Morgan fingerprint density at radius 3 is 2.47 bits per heavy atom. The Kier molecular flexibility index (Phi) is 5.26. The molecule has 0 atom stereocenters. The standard InChI is InChI=1S/C22H16F3NO3S/c23-22(24,25)18-4-2-1-3-16(18)12-29-17-8-7-14-9-13(5-6-15(14)11-17)10-19-20(27)26-21(28)30-19/h1-9,11,27H,10,12H2,(H,26,28). The molecule has 2 N–H and O–H groups in total. The number of aromatic nitrogens is 1. The summed E-state index contributed by atoms with van der Waals surface area (Å²) in [5.74, 6) is 0.349. The molecule has 4 nitrogen and oxygen atoms in total. The first-order valence-corrected chi connectivity index (χ1v) is 9.83. The smallest absolute Gasteiger partial charge is 0.416 e. The molecule has 8 heteroatoms. The van der Waals surface area contributed by atoms with Gasteiger partial charge in [-0.1, -0.05) is 53.8 Å². The van der Waals surface area contributed by atoms with Gasteiger partial charge in [-0.3, -0.25) is 9.78 Å². The van der Waals surface area contributed by atoms with Crippen molar-refractivity contribution in [1.29, 1.82) is 0 Å². The number of benzene rings is 3. The number of halogens is 3. The average Bonchev–Trinajstić information content (AvgIpc) is 3.02. The number of ether oxygens (including phenoxy) is 1. The van der Waals surface area contributed by atoms with Gasteiger partial charge >= 0.3 is 11.0 Å². The van der Waals surface area contributed by atoms with Crippen LogP contribution >= 0.6 is 11.3 Å². The van der Waals surface area contributed by atoms with E-state index in [9.17, 15) is 23.1 Å². The molecular formula is C22H16F3NO3S. The van der Waals surface area contributed by atoms with E-state index in [1.807, 2.05) is 24.3 Å². The SMILES string of the molecule is O=c1[nH]c(O)c(Cc2ccc3cc(OCc4ccccc4C(F)(F)F)ccc3c2)s1. The van der Waals surface area contributed by atoms with E-state index in [1.54, 1.807) is 18.2 Å². The molecule has 0 saturated heterocycles. The third kappa shape index (κ3) is 4.33. The molecule has 0 radical (unpaired) electrons. The van der Waals surface area contributed by atoms with E-state index in [4.69, 9.17) is 4.74 Å². The van der Waals surface area contributed by atoms with Crippen LogP contribution in [-0.4, -0.2) is 10.1 Å². The molecule has 0 saturated carbocycles. The molecule has 0 amide bonds. The first-order chi connectivity index (χ1) is 14.3. The molecule has 0 aliphatic heterocycles. The van der Waals surface area contributed by atoms with Crippen molar-refractivity contribution in [2.24, 2.45) is 0 Å². The van der Waals surface area contributed by atoms with Crippen LogP contribution in [0.3, 0.4) is 0 Å². The lowest BCUT2D eigenvalue weighted by atomic mass is 10.0. The molecule has 0 bridgehead atoms. The van der Waals surface area contributed by atoms with Crippen molar-refractivity contribution in [2.75, 3.05) is 0 Å². The second kappa shape index (κ2) is 7.87. The molecule has 3 aromatic carbocycles. The highest BCUT2D eigenvalue weighted by Gasteiger charge is 2.32. The fourth-order valence-corrected chi connectivity index (χ4v) is 3.97. The van der Waals surface area contributed by atoms with Gasteiger partial charge in [0.25, 0.3) is 0 Å². The number of alkyl halides is 3. The number of thiazole rings is 1. The van der Waals surface area contributed by atoms with Crippen LogP contribution in [0.25, 0.3) is 10.8 Å². The van der Waals surface area contributed by atoms with E-state index < -0.39 is 11.7 Å². The first-order valence-electron chi connectivity index (χ1n) is 9.01. The quantitative estimate of drug-likeness (QED) is 0.440. The number of aromatic amines is 1. The number of rotatable bonds is 5. The van der Waals surface area contributed by atoms with Crippen LogP contribution in [0.4, 0.5) is 13.2 Å². The van der Waals surface area contributed by atoms with Gasteiger partial charge in [-0.05, 0) is 34.5 Å². The van der Waals surface area contributed by atoms with E-state index in [1.165, 1.54) is 12.1 Å². The van der Waals surface area contributed by atoms with Gasteiger partial charge in [0.05, 0.1) is 10.4 Å². The Hall–Kier alpha value is -3.26. The predicted molar refractivity (Wildman–Crippen MR) is 109 cm³/mol. The Bertz CT molecular complexity index is 1260. The van der Waals surface area contributed by atoms with Crippen LogP contribution in [-0.2, 0) is 19.2 Å². The fraction of sp³-hybridized carbons (Fsp3) is 0.136. The molecule has 1 heterocycles. The maximum absolute atomic E-state index is 13.1. The van der Waals surface area contributed by atoms with Crippen molar-refractivity contribution < 1.29 is 23.0 Å². The molecule has 0 fully saturated rings. The van der Waals surface area contributed by atoms with Gasteiger partial charge in [-0.25, -0.2) is 0 Å². The van der Waals surface area contributed by atoms with Gasteiger partial charge < -0.3 is 9.84 Å². The van der Waals surface area contributed by atoms with Gasteiger partial charge in [0.15, 0.2) is 0 Å². The number of hydrogen-bond acceptors (Lipinski definition) is 4. The second-order valence-electron chi connectivity index (χ2n) is 6.75. The van der Waals surface area contributed by atoms with E-state index in [-0.39, 0.29) is 22.9 Å². The van der Waals surface area contributed by atoms with Crippen LogP contribution in [0.15, 0.2) is 65.5 Å². The summed E-state index contributed by atoms with van der Waals surface area (Å²) in [6, 6.07) is 16.3. The summed E-state index contributed by atoms with van der Waals surface area (Å²) < 4.78 is 44.9. The summed E-state index contributed by atoms with van der Waals surface area (Å²) in [5, 5.41) is 11.5. The maximum atomic E-state index is 13.1. The molecule has 4 rings (SSSR count). The van der Waals surface area contributed by atoms with Gasteiger partial charge in [0.2, 0.25) is 5.88 Å². The number of nitrogens with one attached hydrogen (secondary N) is 1. The lowest BCUT2D eigenvalue weighted by Gasteiger charge is -2.14. The summed E-state index contributed by atoms with van der Waals surface area (Å²) in [7, 11) is 0. The number of H-pyrrole nitrogens is 1. The van der Waals surface area contributed by atoms with Crippen LogP contribution in [0.5, 0.6) is 11.6 Å². The zero-order chi connectivity index (χ0) is 21.3.